The highest BCUT2D eigenvalue weighted by molar-refractivity contribution is 5.96. The lowest BCUT2D eigenvalue weighted by Crippen LogP contribution is -2.28. The normalized spacial score (nSPS) is 10.3. The van der Waals surface area contributed by atoms with E-state index in [0.29, 0.717) is 13.2 Å². The summed E-state index contributed by atoms with van der Waals surface area (Å²) in [5.41, 5.74) is 2.66. The van der Waals surface area contributed by atoms with Gasteiger partial charge in [0.15, 0.2) is 0 Å². The highest BCUT2D eigenvalue weighted by Crippen LogP contribution is 2.17. The maximum absolute atomic E-state index is 11.9. The maximum atomic E-state index is 11.9. The van der Waals surface area contributed by atoms with Gasteiger partial charge in [0, 0.05) is 0 Å². The third-order valence-corrected chi connectivity index (χ3v) is 3.32. The van der Waals surface area contributed by atoms with Gasteiger partial charge in [-0.25, -0.2) is 0 Å². The minimum absolute atomic E-state index is 0.0211. The van der Waals surface area contributed by atoms with Gasteiger partial charge in [-0.15, -0.1) is 0 Å². The average molecular weight is 299 g/mol. The SMILES string of the molecule is CCc1cc(C)cc(OCCNC(=O)c2ccccc2O)c1. The van der Waals surface area contributed by atoms with Crippen LogP contribution in [0.15, 0.2) is 42.5 Å². The van der Waals surface area contributed by atoms with E-state index >= 15 is 0 Å². The van der Waals surface area contributed by atoms with Crippen LogP contribution in [0, 0.1) is 6.92 Å². The molecule has 2 aromatic carbocycles. The van der Waals surface area contributed by atoms with Crippen molar-refractivity contribution in [2.75, 3.05) is 13.2 Å². The summed E-state index contributed by atoms with van der Waals surface area (Å²) >= 11 is 0. The lowest BCUT2D eigenvalue weighted by molar-refractivity contribution is 0.0944. The average Bonchev–Trinajstić information content (AvgIpc) is 2.51. The van der Waals surface area contributed by atoms with Crippen molar-refractivity contribution in [1.82, 2.24) is 5.32 Å². The summed E-state index contributed by atoms with van der Waals surface area (Å²) in [6.07, 6.45) is 0.960. The topological polar surface area (TPSA) is 58.6 Å². The third kappa shape index (κ3) is 4.25. The van der Waals surface area contributed by atoms with Crippen molar-refractivity contribution >= 4 is 5.91 Å². The molecule has 116 valence electrons. The lowest BCUT2D eigenvalue weighted by atomic mass is 10.1. The van der Waals surface area contributed by atoms with Gasteiger partial charge in [-0.05, 0) is 48.7 Å². The van der Waals surface area contributed by atoms with Gasteiger partial charge in [0.05, 0.1) is 12.1 Å². The van der Waals surface area contributed by atoms with Crippen LogP contribution in [0.2, 0.25) is 0 Å². The molecule has 0 fully saturated rings. The highest BCUT2D eigenvalue weighted by atomic mass is 16.5. The molecule has 0 heterocycles. The number of aromatic hydroxyl groups is 1. The monoisotopic (exact) mass is 299 g/mol. The molecule has 0 aromatic heterocycles. The Morgan fingerprint density at radius 3 is 2.73 bits per heavy atom. The summed E-state index contributed by atoms with van der Waals surface area (Å²) in [6, 6.07) is 12.6. The Labute approximate surface area is 130 Å². The number of aryl methyl sites for hydroxylation is 2. The fourth-order valence-electron chi connectivity index (χ4n) is 2.21. The minimum Gasteiger partial charge on any atom is -0.507 e. The van der Waals surface area contributed by atoms with Crippen LogP contribution in [0.3, 0.4) is 0 Å². The van der Waals surface area contributed by atoms with Gasteiger partial charge in [-0.2, -0.15) is 0 Å². The van der Waals surface area contributed by atoms with E-state index in [-0.39, 0.29) is 17.2 Å². The number of carbonyl (C=O) groups is 1. The van der Waals surface area contributed by atoms with E-state index in [1.165, 1.54) is 11.6 Å². The number of ether oxygens (including phenoxy) is 1. The molecule has 4 nitrogen and oxygen atoms in total. The molecule has 22 heavy (non-hydrogen) atoms. The highest BCUT2D eigenvalue weighted by Gasteiger charge is 2.09. The number of rotatable bonds is 6. The molecule has 0 unspecified atom stereocenters. The zero-order valence-corrected chi connectivity index (χ0v) is 12.9. The van der Waals surface area contributed by atoms with Crippen LogP contribution in [-0.2, 0) is 6.42 Å². The largest absolute Gasteiger partial charge is 0.507 e. The predicted octanol–water partition coefficient (Wildman–Crippen LogP) is 3.07. The van der Waals surface area contributed by atoms with E-state index in [0.717, 1.165) is 17.7 Å². The van der Waals surface area contributed by atoms with Crippen molar-refractivity contribution in [1.29, 1.82) is 0 Å². The van der Waals surface area contributed by atoms with Crippen LogP contribution in [0.1, 0.15) is 28.4 Å². The molecule has 0 aliphatic heterocycles. The number of phenols is 1. The summed E-state index contributed by atoms with van der Waals surface area (Å²) in [7, 11) is 0. The van der Waals surface area contributed by atoms with Crippen molar-refractivity contribution in [3.8, 4) is 11.5 Å². The molecule has 4 heteroatoms. The molecule has 2 aromatic rings. The van der Waals surface area contributed by atoms with Gasteiger partial charge >= 0.3 is 0 Å². The fraction of sp³-hybridized carbons (Fsp3) is 0.278. The molecule has 0 radical (unpaired) electrons. The zero-order chi connectivity index (χ0) is 15.9. The van der Waals surface area contributed by atoms with Crippen LogP contribution in [0.5, 0.6) is 11.5 Å². The standard InChI is InChI=1S/C18H21NO3/c1-3-14-10-13(2)11-15(12-14)22-9-8-19-18(21)16-6-4-5-7-17(16)20/h4-7,10-12,20H,3,8-9H2,1-2H3,(H,19,21). The fourth-order valence-corrected chi connectivity index (χ4v) is 2.21. The number of hydrogen-bond acceptors (Lipinski definition) is 3. The van der Waals surface area contributed by atoms with Crippen molar-refractivity contribution < 1.29 is 14.6 Å². The Morgan fingerprint density at radius 2 is 2.00 bits per heavy atom. The van der Waals surface area contributed by atoms with Crippen LogP contribution in [0.25, 0.3) is 0 Å². The van der Waals surface area contributed by atoms with Crippen molar-refractivity contribution in [3.63, 3.8) is 0 Å². The molecule has 0 aliphatic rings. The van der Waals surface area contributed by atoms with Gasteiger partial charge in [0.1, 0.15) is 18.1 Å². The van der Waals surface area contributed by atoms with Crippen LogP contribution in [0.4, 0.5) is 0 Å². The molecule has 0 bridgehead atoms. The first-order valence-electron chi connectivity index (χ1n) is 7.39. The number of benzene rings is 2. The zero-order valence-electron chi connectivity index (χ0n) is 12.9. The summed E-state index contributed by atoms with van der Waals surface area (Å²) in [5, 5.41) is 12.3. The van der Waals surface area contributed by atoms with Crippen LogP contribution < -0.4 is 10.1 Å². The summed E-state index contributed by atoms with van der Waals surface area (Å²) in [5.74, 6) is 0.487. The molecular formula is C18H21NO3. The Hall–Kier alpha value is -2.49. The first-order valence-corrected chi connectivity index (χ1v) is 7.39. The number of phenolic OH excluding ortho intramolecular Hbond substituents is 1. The summed E-state index contributed by atoms with van der Waals surface area (Å²) in [4.78, 5) is 11.9. The molecule has 0 saturated carbocycles. The lowest BCUT2D eigenvalue weighted by Gasteiger charge is -2.10. The number of para-hydroxylation sites is 1. The smallest absolute Gasteiger partial charge is 0.255 e. The Balaban J connectivity index is 1.83. The molecular weight excluding hydrogens is 278 g/mol. The van der Waals surface area contributed by atoms with Gasteiger partial charge in [-0.1, -0.05) is 25.1 Å². The van der Waals surface area contributed by atoms with E-state index in [1.54, 1.807) is 18.2 Å². The van der Waals surface area contributed by atoms with E-state index in [4.69, 9.17) is 4.74 Å². The van der Waals surface area contributed by atoms with E-state index in [2.05, 4.69) is 18.3 Å². The molecule has 0 atom stereocenters. The number of nitrogens with one attached hydrogen (secondary N) is 1. The molecule has 0 saturated heterocycles. The van der Waals surface area contributed by atoms with Crippen LogP contribution >= 0.6 is 0 Å². The van der Waals surface area contributed by atoms with Crippen LogP contribution in [-0.4, -0.2) is 24.2 Å². The Kier molecular flexibility index (Phi) is 5.42. The van der Waals surface area contributed by atoms with E-state index in [1.807, 2.05) is 19.1 Å². The van der Waals surface area contributed by atoms with Gasteiger partial charge in [0.2, 0.25) is 0 Å². The van der Waals surface area contributed by atoms with E-state index < -0.39 is 0 Å². The molecule has 1 amide bonds. The molecule has 0 aliphatic carbocycles. The first-order chi connectivity index (χ1) is 10.6. The quantitative estimate of drug-likeness (QED) is 0.806. The van der Waals surface area contributed by atoms with Crippen molar-refractivity contribution in [2.24, 2.45) is 0 Å². The number of hydrogen-bond donors (Lipinski definition) is 2. The van der Waals surface area contributed by atoms with Gasteiger partial charge < -0.3 is 15.2 Å². The number of carbonyl (C=O) groups excluding carboxylic acids is 1. The minimum atomic E-state index is -0.305. The molecule has 2 rings (SSSR count). The Bertz CT molecular complexity index is 653. The predicted molar refractivity (Wildman–Crippen MR) is 86.5 cm³/mol. The third-order valence-electron chi connectivity index (χ3n) is 3.32. The Morgan fingerprint density at radius 1 is 1.23 bits per heavy atom. The van der Waals surface area contributed by atoms with E-state index in [9.17, 15) is 9.90 Å². The first kappa shape index (κ1) is 15.9. The van der Waals surface area contributed by atoms with Gasteiger partial charge in [-0.3, -0.25) is 4.79 Å². The molecule has 2 N–H and O–H groups in total. The van der Waals surface area contributed by atoms with Crippen molar-refractivity contribution in [3.05, 3.63) is 59.2 Å². The van der Waals surface area contributed by atoms with Gasteiger partial charge in [0.25, 0.3) is 5.91 Å². The number of amides is 1. The second-order valence-corrected chi connectivity index (χ2v) is 5.13. The second-order valence-electron chi connectivity index (χ2n) is 5.13. The molecule has 0 spiro atoms. The maximum Gasteiger partial charge on any atom is 0.255 e. The summed E-state index contributed by atoms with van der Waals surface area (Å²) in [6.45, 7) is 4.89. The second kappa shape index (κ2) is 7.50. The summed E-state index contributed by atoms with van der Waals surface area (Å²) < 4.78 is 5.67. The van der Waals surface area contributed by atoms with Crippen molar-refractivity contribution in [2.45, 2.75) is 20.3 Å².